The second-order valence-electron chi connectivity index (χ2n) is 9.01. The Balaban J connectivity index is 1.62. The molecule has 2 aromatic heterocycles. The summed E-state index contributed by atoms with van der Waals surface area (Å²) >= 11 is 0. The molecule has 0 radical (unpaired) electrons. The van der Waals surface area contributed by atoms with E-state index in [2.05, 4.69) is 129 Å². The molecule has 2 nitrogen and oxygen atoms in total. The molecule has 0 saturated carbocycles. The van der Waals surface area contributed by atoms with E-state index in [4.69, 9.17) is 4.42 Å². The molecule has 6 rings (SSSR count). The van der Waals surface area contributed by atoms with E-state index >= 15 is 0 Å². The summed E-state index contributed by atoms with van der Waals surface area (Å²) in [5, 5.41) is 2.30. The van der Waals surface area contributed by atoms with Crippen molar-refractivity contribution < 1.29 is 8.98 Å². The summed E-state index contributed by atoms with van der Waals surface area (Å²) in [4.78, 5) is 0. The summed E-state index contributed by atoms with van der Waals surface area (Å²) in [6.45, 7) is 4.32. The number of benzene rings is 4. The second-order valence-corrected chi connectivity index (χ2v) is 9.01. The van der Waals surface area contributed by atoms with Crippen LogP contribution >= 0.6 is 0 Å². The van der Waals surface area contributed by atoms with Crippen molar-refractivity contribution in [3.63, 3.8) is 0 Å². The second kappa shape index (κ2) is 8.00. The van der Waals surface area contributed by atoms with Gasteiger partial charge >= 0.3 is 0 Å². The summed E-state index contributed by atoms with van der Waals surface area (Å²) in [5.74, 6) is 0. The SMILES string of the molecule is Cc1ccc(-c2cccc3c2oc2c(-c4cccc[n+]4C)c(C)ccc23)cc1-c1ccccc1. The van der Waals surface area contributed by atoms with Crippen molar-refractivity contribution in [2.45, 2.75) is 13.8 Å². The number of aromatic nitrogens is 1. The molecule has 34 heavy (non-hydrogen) atoms. The Kier molecular flexibility index (Phi) is 4.81. The molecule has 0 bridgehead atoms. The lowest BCUT2D eigenvalue weighted by atomic mass is 9.94. The summed E-state index contributed by atoms with van der Waals surface area (Å²) < 4.78 is 8.88. The molecule has 0 unspecified atom stereocenters. The Bertz CT molecular complexity index is 1680. The standard InChI is InChI=1S/C32H26NO/c1-21-15-17-24(20-28(21)23-10-5-4-6-11-23)25-12-9-13-26-27-18-16-22(2)30(32(27)34-31(25)26)29-14-7-8-19-33(29)3/h4-20H,1-3H3/q+1. The van der Waals surface area contributed by atoms with Crippen LogP contribution in [-0.4, -0.2) is 0 Å². The predicted octanol–water partition coefficient (Wildman–Crippen LogP) is 8.03. The topological polar surface area (TPSA) is 17.0 Å². The normalized spacial score (nSPS) is 11.4. The van der Waals surface area contributed by atoms with Crippen molar-refractivity contribution in [1.29, 1.82) is 0 Å². The Morgan fingerprint density at radius 1 is 0.588 bits per heavy atom. The quantitative estimate of drug-likeness (QED) is 0.255. The van der Waals surface area contributed by atoms with Crippen LogP contribution in [0.5, 0.6) is 0 Å². The third-order valence-corrected chi connectivity index (χ3v) is 6.82. The average Bonchev–Trinajstić information content (AvgIpc) is 3.24. The molecule has 0 aliphatic rings. The highest BCUT2D eigenvalue weighted by Gasteiger charge is 2.21. The van der Waals surface area contributed by atoms with Crippen molar-refractivity contribution in [2.24, 2.45) is 7.05 Å². The lowest BCUT2D eigenvalue weighted by Gasteiger charge is -2.10. The Hall–Kier alpha value is -4.17. The number of aryl methyl sites for hydroxylation is 3. The first kappa shape index (κ1) is 20.4. The smallest absolute Gasteiger partial charge is 0.216 e. The molecular formula is C32H26NO+. The highest BCUT2D eigenvalue weighted by molar-refractivity contribution is 6.13. The molecule has 2 heteroatoms. The van der Waals surface area contributed by atoms with E-state index in [0.29, 0.717) is 0 Å². The van der Waals surface area contributed by atoms with E-state index < -0.39 is 0 Å². The molecule has 0 N–H and O–H groups in total. The van der Waals surface area contributed by atoms with Gasteiger partial charge in [-0.05, 0) is 53.8 Å². The van der Waals surface area contributed by atoms with E-state index in [9.17, 15) is 0 Å². The summed E-state index contributed by atoms with van der Waals surface area (Å²) in [6.07, 6.45) is 2.08. The van der Waals surface area contributed by atoms with E-state index in [0.717, 1.165) is 44.3 Å². The zero-order valence-electron chi connectivity index (χ0n) is 19.7. The molecule has 2 heterocycles. The van der Waals surface area contributed by atoms with E-state index in [1.807, 2.05) is 0 Å². The lowest BCUT2D eigenvalue weighted by molar-refractivity contribution is -0.660. The highest BCUT2D eigenvalue weighted by atomic mass is 16.3. The number of nitrogens with zero attached hydrogens (tertiary/aromatic N) is 1. The van der Waals surface area contributed by atoms with Gasteiger partial charge in [0.15, 0.2) is 6.20 Å². The van der Waals surface area contributed by atoms with Gasteiger partial charge in [0, 0.05) is 28.5 Å². The highest BCUT2D eigenvalue weighted by Crippen LogP contribution is 2.41. The fraction of sp³-hybridized carbons (Fsp3) is 0.0938. The van der Waals surface area contributed by atoms with Gasteiger partial charge in [0.2, 0.25) is 5.69 Å². The van der Waals surface area contributed by atoms with Crippen LogP contribution in [0.2, 0.25) is 0 Å². The van der Waals surface area contributed by atoms with E-state index in [1.54, 1.807) is 0 Å². The molecule has 6 aromatic rings. The van der Waals surface area contributed by atoms with Crippen LogP contribution in [0.3, 0.4) is 0 Å². The monoisotopic (exact) mass is 440 g/mol. The van der Waals surface area contributed by atoms with Crippen molar-refractivity contribution in [2.75, 3.05) is 0 Å². The van der Waals surface area contributed by atoms with Crippen LogP contribution in [0.1, 0.15) is 11.1 Å². The zero-order valence-corrected chi connectivity index (χ0v) is 19.7. The number of para-hydroxylation sites is 1. The van der Waals surface area contributed by atoms with Crippen LogP contribution in [0.15, 0.2) is 108 Å². The van der Waals surface area contributed by atoms with Crippen molar-refractivity contribution in [3.05, 3.63) is 114 Å². The fourth-order valence-electron chi connectivity index (χ4n) is 5.01. The minimum absolute atomic E-state index is 0.936. The van der Waals surface area contributed by atoms with Gasteiger partial charge in [0.1, 0.15) is 18.2 Å². The van der Waals surface area contributed by atoms with Gasteiger partial charge in [-0.25, -0.2) is 4.57 Å². The number of hydrogen-bond donors (Lipinski definition) is 0. The Morgan fingerprint density at radius 3 is 2.18 bits per heavy atom. The molecule has 164 valence electrons. The predicted molar refractivity (Wildman–Crippen MR) is 141 cm³/mol. The third kappa shape index (κ3) is 3.22. The first-order valence-electron chi connectivity index (χ1n) is 11.7. The Morgan fingerprint density at radius 2 is 1.35 bits per heavy atom. The van der Waals surface area contributed by atoms with Gasteiger partial charge in [-0.1, -0.05) is 72.8 Å². The summed E-state index contributed by atoms with van der Waals surface area (Å²) in [5.41, 5.74) is 11.4. The minimum atomic E-state index is 0.936. The summed E-state index contributed by atoms with van der Waals surface area (Å²) in [7, 11) is 2.08. The van der Waals surface area contributed by atoms with Crippen LogP contribution in [0, 0.1) is 13.8 Å². The number of pyridine rings is 1. The fourth-order valence-corrected chi connectivity index (χ4v) is 5.01. The number of hydrogen-bond acceptors (Lipinski definition) is 1. The van der Waals surface area contributed by atoms with Gasteiger partial charge in [0.25, 0.3) is 0 Å². The first-order chi connectivity index (χ1) is 16.6. The molecule has 0 atom stereocenters. The molecule has 0 amide bonds. The van der Waals surface area contributed by atoms with Crippen LogP contribution in [-0.2, 0) is 7.05 Å². The van der Waals surface area contributed by atoms with Gasteiger partial charge < -0.3 is 4.42 Å². The Labute approximate surface area is 199 Å². The largest absolute Gasteiger partial charge is 0.454 e. The molecule has 0 aliphatic heterocycles. The van der Waals surface area contributed by atoms with Crippen LogP contribution in [0.4, 0.5) is 0 Å². The number of fused-ring (bicyclic) bond motifs is 3. The van der Waals surface area contributed by atoms with Crippen molar-refractivity contribution in [3.8, 4) is 33.5 Å². The van der Waals surface area contributed by atoms with Gasteiger partial charge in [0.05, 0.1) is 5.56 Å². The third-order valence-electron chi connectivity index (χ3n) is 6.82. The van der Waals surface area contributed by atoms with Gasteiger partial charge in [-0.2, -0.15) is 0 Å². The summed E-state index contributed by atoms with van der Waals surface area (Å²) in [6, 6.07) is 34.4. The van der Waals surface area contributed by atoms with Crippen LogP contribution in [0.25, 0.3) is 55.4 Å². The molecule has 0 aliphatic carbocycles. The average molecular weight is 441 g/mol. The van der Waals surface area contributed by atoms with E-state index in [-0.39, 0.29) is 0 Å². The maximum absolute atomic E-state index is 6.72. The number of furan rings is 1. The van der Waals surface area contributed by atoms with Crippen molar-refractivity contribution >= 4 is 21.9 Å². The molecular weight excluding hydrogens is 414 g/mol. The van der Waals surface area contributed by atoms with Gasteiger partial charge in [-0.3, -0.25) is 0 Å². The zero-order chi connectivity index (χ0) is 23.2. The first-order valence-corrected chi connectivity index (χ1v) is 11.7. The molecule has 0 fully saturated rings. The maximum atomic E-state index is 6.72. The molecule has 4 aromatic carbocycles. The van der Waals surface area contributed by atoms with Gasteiger partial charge in [-0.15, -0.1) is 0 Å². The minimum Gasteiger partial charge on any atom is -0.454 e. The van der Waals surface area contributed by atoms with Crippen molar-refractivity contribution in [1.82, 2.24) is 0 Å². The molecule has 0 saturated heterocycles. The molecule has 0 spiro atoms. The number of rotatable bonds is 3. The van der Waals surface area contributed by atoms with E-state index in [1.165, 1.54) is 22.3 Å². The van der Waals surface area contributed by atoms with Crippen LogP contribution < -0.4 is 4.57 Å². The maximum Gasteiger partial charge on any atom is 0.216 e. The lowest BCUT2D eigenvalue weighted by Crippen LogP contribution is -2.30.